The van der Waals surface area contributed by atoms with Crippen LogP contribution in [0.1, 0.15) is 32.1 Å². The van der Waals surface area contributed by atoms with Gasteiger partial charge in [-0.15, -0.1) is 0 Å². The van der Waals surface area contributed by atoms with Gasteiger partial charge < -0.3 is 19.8 Å². The van der Waals surface area contributed by atoms with E-state index in [2.05, 4.69) is 26.6 Å². The Morgan fingerprint density at radius 1 is 1.25 bits per heavy atom. The largest absolute Gasteiger partial charge is 0.483 e. The Bertz CT molecular complexity index is 663. The average molecular weight is 395 g/mol. The molecular formula is C18H23BrN2O3. The summed E-state index contributed by atoms with van der Waals surface area (Å²) in [6.07, 6.45) is 1.65. The van der Waals surface area contributed by atoms with Gasteiger partial charge >= 0.3 is 0 Å². The number of amides is 1. The number of rotatable bonds is 7. The van der Waals surface area contributed by atoms with Crippen molar-refractivity contribution in [2.24, 2.45) is 0 Å². The third-order valence-electron chi connectivity index (χ3n) is 3.09. The fourth-order valence-electron chi connectivity index (χ4n) is 2.16. The van der Waals surface area contributed by atoms with Crippen LogP contribution in [0.3, 0.4) is 0 Å². The SMILES string of the molecule is CC(C)(C)NC(=O)COc1ccc(Br)cc1CNCc1ccco1. The zero-order valence-electron chi connectivity index (χ0n) is 14.2. The number of halogens is 1. The van der Waals surface area contributed by atoms with Crippen LogP contribution in [0.2, 0.25) is 0 Å². The predicted molar refractivity (Wildman–Crippen MR) is 96.8 cm³/mol. The minimum Gasteiger partial charge on any atom is -0.483 e. The topological polar surface area (TPSA) is 63.5 Å². The van der Waals surface area contributed by atoms with Crippen LogP contribution in [-0.4, -0.2) is 18.1 Å². The van der Waals surface area contributed by atoms with Gasteiger partial charge in [0.25, 0.3) is 5.91 Å². The maximum atomic E-state index is 11.9. The van der Waals surface area contributed by atoms with Gasteiger partial charge in [-0.1, -0.05) is 15.9 Å². The van der Waals surface area contributed by atoms with Crippen LogP contribution >= 0.6 is 15.9 Å². The summed E-state index contributed by atoms with van der Waals surface area (Å²) in [5, 5.41) is 6.18. The second-order valence-corrected chi connectivity index (χ2v) is 7.44. The minimum atomic E-state index is -0.270. The Kier molecular flexibility index (Phi) is 6.45. The molecule has 0 aliphatic carbocycles. The van der Waals surface area contributed by atoms with E-state index in [0.717, 1.165) is 15.8 Å². The molecule has 0 unspecified atom stereocenters. The first-order chi connectivity index (χ1) is 11.3. The van der Waals surface area contributed by atoms with Crippen molar-refractivity contribution < 1.29 is 13.9 Å². The maximum absolute atomic E-state index is 11.9. The van der Waals surface area contributed by atoms with Gasteiger partial charge in [-0.2, -0.15) is 0 Å². The van der Waals surface area contributed by atoms with E-state index in [-0.39, 0.29) is 18.1 Å². The van der Waals surface area contributed by atoms with Crippen molar-refractivity contribution in [3.8, 4) is 5.75 Å². The Hall–Kier alpha value is -1.79. The van der Waals surface area contributed by atoms with Crippen molar-refractivity contribution in [1.82, 2.24) is 10.6 Å². The second-order valence-electron chi connectivity index (χ2n) is 6.52. The molecule has 0 radical (unpaired) electrons. The van der Waals surface area contributed by atoms with Gasteiger partial charge in [-0.05, 0) is 51.1 Å². The van der Waals surface area contributed by atoms with Crippen LogP contribution in [-0.2, 0) is 17.9 Å². The molecule has 2 aromatic rings. The van der Waals surface area contributed by atoms with Crippen molar-refractivity contribution >= 4 is 21.8 Å². The third-order valence-corrected chi connectivity index (χ3v) is 3.58. The molecule has 130 valence electrons. The van der Waals surface area contributed by atoms with Crippen LogP contribution < -0.4 is 15.4 Å². The van der Waals surface area contributed by atoms with Gasteiger partial charge in [0.15, 0.2) is 6.61 Å². The first-order valence-corrected chi connectivity index (χ1v) is 8.58. The summed E-state index contributed by atoms with van der Waals surface area (Å²) >= 11 is 3.47. The number of hydrogen-bond acceptors (Lipinski definition) is 4. The molecule has 0 saturated heterocycles. The molecule has 1 aromatic heterocycles. The number of carbonyl (C=O) groups is 1. The molecule has 0 aliphatic rings. The van der Waals surface area contributed by atoms with E-state index in [4.69, 9.17) is 9.15 Å². The number of furan rings is 1. The van der Waals surface area contributed by atoms with Crippen LogP contribution in [0.5, 0.6) is 5.75 Å². The minimum absolute atomic E-state index is 0.00984. The highest BCUT2D eigenvalue weighted by molar-refractivity contribution is 9.10. The number of carbonyl (C=O) groups excluding carboxylic acids is 1. The van der Waals surface area contributed by atoms with Crippen LogP contribution in [0.15, 0.2) is 45.5 Å². The van der Waals surface area contributed by atoms with Crippen LogP contribution in [0.25, 0.3) is 0 Å². The normalized spacial score (nSPS) is 11.3. The van der Waals surface area contributed by atoms with Crippen molar-refractivity contribution in [2.75, 3.05) is 6.61 Å². The Balaban J connectivity index is 1.92. The van der Waals surface area contributed by atoms with Gasteiger partial charge in [0.2, 0.25) is 0 Å². The van der Waals surface area contributed by atoms with E-state index in [0.29, 0.717) is 18.8 Å². The van der Waals surface area contributed by atoms with E-state index in [9.17, 15) is 4.79 Å². The first kappa shape index (κ1) is 18.5. The van der Waals surface area contributed by atoms with E-state index in [1.807, 2.05) is 51.1 Å². The molecule has 0 fully saturated rings. The van der Waals surface area contributed by atoms with Gasteiger partial charge in [0.1, 0.15) is 11.5 Å². The van der Waals surface area contributed by atoms with Crippen molar-refractivity contribution in [3.63, 3.8) is 0 Å². The maximum Gasteiger partial charge on any atom is 0.258 e. The molecule has 2 rings (SSSR count). The average Bonchev–Trinajstić information content (AvgIpc) is 2.98. The molecule has 1 aromatic carbocycles. The van der Waals surface area contributed by atoms with Gasteiger partial charge in [-0.3, -0.25) is 4.79 Å². The van der Waals surface area contributed by atoms with E-state index in [1.54, 1.807) is 6.26 Å². The summed E-state index contributed by atoms with van der Waals surface area (Å²) in [7, 11) is 0. The molecule has 1 heterocycles. The van der Waals surface area contributed by atoms with Gasteiger partial charge in [0.05, 0.1) is 12.8 Å². The standard InChI is InChI=1S/C18H23BrN2O3/c1-18(2,3)21-17(22)12-24-16-7-6-14(19)9-13(16)10-20-11-15-5-4-8-23-15/h4-9,20H,10-12H2,1-3H3,(H,21,22). The molecule has 0 saturated carbocycles. The molecule has 0 aliphatic heterocycles. The highest BCUT2D eigenvalue weighted by atomic mass is 79.9. The lowest BCUT2D eigenvalue weighted by molar-refractivity contribution is -0.124. The smallest absolute Gasteiger partial charge is 0.258 e. The highest BCUT2D eigenvalue weighted by Gasteiger charge is 2.14. The second kappa shape index (κ2) is 8.35. The summed E-state index contributed by atoms with van der Waals surface area (Å²) in [5.41, 5.74) is 0.701. The fourth-order valence-corrected chi connectivity index (χ4v) is 2.57. The fraction of sp³-hybridized carbons (Fsp3) is 0.389. The zero-order valence-corrected chi connectivity index (χ0v) is 15.8. The van der Waals surface area contributed by atoms with Crippen LogP contribution in [0.4, 0.5) is 0 Å². The summed E-state index contributed by atoms with van der Waals surface area (Å²) in [6.45, 7) is 7.04. The third kappa shape index (κ3) is 6.37. The Labute approximate surface area is 150 Å². The molecule has 5 nitrogen and oxygen atoms in total. The number of nitrogens with one attached hydrogen (secondary N) is 2. The summed E-state index contributed by atoms with van der Waals surface area (Å²) in [6, 6.07) is 9.51. The molecule has 0 spiro atoms. The number of benzene rings is 1. The summed E-state index contributed by atoms with van der Waals surface area (Å²) in [5.74, 6) is 1.42. The van der Waals surface area contributed by atoms with E-state index < -0.39 is 0 Å². The number of hydrogen-bond donors (Lipinski definition) is 2. The molecule has 24 heavy (non-hydrogen) atoms. The molecule has 0 atom stereocenters. The molecule has 0 bridgehead atoms. The lowest BCUT2D eigenvalue weighted by Gasteiger charge is -2.21. The lowest BCUT2D eigenvalue weighted by atomic mass is 10.1. The van der Waals surface area contributed by atoms with E-state index in [1.165, 1.54) is 0 Å². The van der Waals surface area contributed by atoms with Gasteiger partial charge in [0, 0.05) is 22.1 Å². The predicted octanol–water partition coefficient (Wildman–Crippen LogP) is 3.63. The molecule has 2 N–H and O–H groups in total. The van der Waals surface area contributed by atoms with Crippen molar-refractivity contribution in [2.45, 2.75) is 39.4 Å². The molecular weight excluding hydrogens is 372 g/mol. The van der Waals surface area contributed by atoms with Crippen LogP contribution in [0, 0.1) is 0 Å². The highest BCUT2D eigenvalue weighted by Crippen LogP contribution is 2.23. The lowest BCUT2D eigenvalue weighted by Crippen LogP contribution is -2.43. The monoisotopic (exact) mass is 394 g/mol. The number of ether oxygens (including phenoxy) is 1. The van der Waals surface area contributed by atoms with E-state index >= 15 is 0 Å². The quantitative estimate of drug-likeness (QED) is 0.752. The van der Waals surface area contributed by atoms with Crippen molar-refractivity contribution in [1.29, 1.82) is 0 Å². The zero-order chi connectivity index (χ0) is 17.6. The summed E-state index contributed by atoms with van der Waals surface area (Å²) in [4.78, 5) is 11.9. The summed E-state index contributed by atoms with van der Waals surface area (Å²) < 4.78 is 11.9. The Morgan fingerprint density at radius 3 is 2.71 bits per heavy atom. The van der Waals surface area contributed by atoms with Gasteiger partial charge in [-0.25, -0.2) is 0 Å². The molecule has 6 heteroatoms. The molecule has 1 amide bonds. The first-order valence-electron chi connectivity index (χ1n) is 7.79. The van der Waals surface area contributed by atoms with Crippen molar-refractivity contribution in [3.05, 3.63) is 52.4 Å². The Morgan fingerprint density at radius 2 is 2.04 bits per heavy atom.